The van der Waals surface area contributed by atoms with E-state index in [2.05, 4.69) is 5.32 Å². The number of hydrogen-bond donors (Lipinski definition) is 1. The molecule has 0 radical (unpaired) electrons. The van der Waals surface area contributed by atoms with Crippen molar-refractivity contribution in [2.45, 2.75) is 9.46 Å². The van der Waals surface area contributed by atoms with Crippen molar-refractivity contribution in [1.82, 2.24) is 5.32 Å². The van der Waals surface area contributed by atoms with Crippen LogP contribution in [-0.4, -0.2) is 20.9 Å². The summed E-state index contributed by atoms with van der Waals surface area (Å²) in [5.74, 6) is -1.03. The van der Waals surface area contributed by atoms with E-state index in [0.717, 1.165) is 17.4 Å². The van der Waals surface area contributed by atoms with Gasteiger partial charge in [-0.25, -0.2) is 12.8 Å². The van der Waals surface area contributed by atoms with Crippen molar-refractivity contribution in [2.24, 2.45) is 0 Å². The molecule has 0 fully saturated rings. The molecule has 8 heteroatoms. The number of hydrogen-bond acceptors (Lipinski definition) is 5. The summed E-state index contributed by atoms with van der Waals surface area (Å²) in [6.45, 7) is -0.0872. The number of halogens is 1. The minimum Gasteiger partial charge on any atom is -0.350 e. The van der Waals surface area contributed by atoms with Crippen molar-refractivity contribution in [1.29, 1.82) is 0 Å². The minimum absolute atomic E-state index is 0.0872. The second kappa shape index (κ2) is 7.47. The number of rotatable bonds is 6. The Labute approximate surface area is 152 Å². The Kier molecular flexibility index (Phi) is 5.31. The summed E-state index contributed by atoms with van der Waals surface area (Å²) >= 11 is 2.46. The van der Waals surface area contributed by atoms with E-state index in [1.165, 1.54) is 29.5 Å². The van der Waals surface area contributed by atoms with E-state index in [1.54, 1.807) is 35.0 Å². The van der Waals surface area contributed by atoms with Crippen molar-refractivity contribution in [3.8, 4) is 0 Å². The summed E-state index contributed by atoms with van der Waals surface area (Å²) in [7, 11) is -3.63. The van der Waals surface area contributed by atoms with E-state index < -0.39 is 26.8 Å². The van der Waals surface area contributed by atoms with Gasteiger partial charge in [-0.15, -0.1) is 22.7 Å². The molecule has 2 aromatic heterocycles. The van der Waals surface area contributed by atoms with Crippen LogP contribution >= 0.6 is 22.7 Å². The molecule has 1 amide bonds. The van der Waals surface area contributed by atoms with Crippen molar-refractivity contribution < 1.29 is 17.6 Å². The minimum atomic E-state index is -3.63. The van der Waals surface area contributed by atoms with Crippen LogP contribution in [-0.2, 0) is 9.84 Å². The van der Waals surface area contributed by atoms with Gasteiger partial charge in [-0.2, -0.15) is 0 Å². The first-order valence-corrected chi connectivity index (χ1v) is 10.6. The summed E-state index contributed by atoms with van der Waals surface area (Å²) < 4.78 is 39.3. The van der Waals surface area contributed by atoms with E-state index in [9.17, 15) is 17.6 Å². The van der Waals surface area contributed by atoms with Gasteiger partial charge in [0.25, 0.3) is 5.91 Å². The zero-order chi connectivity index (χ0) is 17.9. The summed E-state index contributed by atoms with van der Waals surface area (Å²) in [6.07, 6.45) is 0. The SMILES string of the molecule is O=C(NCC(c1cccs1)S(=O)(=O)c1cccs1)c1cccc(F)c1. The van der Waals surface area contributed by atoms with E-state index in [0.29, 0.717) is 4.88 Å². The second-order valence-corrected chi connectivity index (χ2v) is 9.49. The molecule has 0 saturated carbocycles. The highest BCUT2D eigenvalue weighted by Gasteiger charge is 2.31. The topological polar surface area (TPSA) is 63.2 Å². The maximum absolute atomic E-state index is 13.3. The van der Waals surface area contributed by atoms with Crippen molar-refractivity contribution in [3.63, 3.8) is 0 Å². The number of thiophene rings is 2. The van der Waals surface area contributed by atoms with Gasteiger partial charge in [-0.1, -0.05) is 18.2 Å². The van der Waals surface area contributed by atoms with Gasteiger partial charge in [-0.05, 0) is 41.1 Å². The van der Waals surface area contributed by atoms with Crippen LogP contribution in [0.2, 0.25) is 0 Å². The molecule has 0 aliphatic heterocycles. The summed E-state index contributed by atoms with van der Waals surface area (Å²) in [6, 6.07) is 12.0. The first kappa shape index (κ1) is 17.8. The number of benzene rings is 1. The van der Waals surface area contributed by atoms with Crippen LogP contribution in [0.1, 0.15) is 20.5 Å². The first-order chi connectivity index (χ1) is 12.0. The van der Waals surface area contributed by atoms with Gasteiger partial charge in [0.1, 0.15) is 15.3 Å². The van der Waals surface area contributed by atoms with E-state index in [4.69, 9.17) is 0 Å². The van der Waals surface area contributed by atoms with Crippen LogP contribution in [0.4, 0.5) is 4.39 Å². The van der Waals surface area contributed by atoms with Gasteiger partial charge in [0.05, 0.1) is 0 Å². The molecule has 4 nitrogen and oxygen atoms in total. The normalized spacial score (nSPS) is 12.7. The molecule has 25 heavy (non-hydrogen) atoms. The van der Waals surface area contributed by atoms with Crippen LogP contribution in [0.3, 0.4) is 0 Å². The predicted octanol–water partition coefficient (Wildman–Crippen LogP) is 3.89. The Morgan fingerprint density at radius 2 is 1.84 bits per heavy atom. The molecule has 3 rings (SSSR count). The Hall–Kier alpha value is -2.03. The van der Waals surface area contributed by atoms with Crippen LogP contribution in [0.15, 0.2) is 63.5 Å². The van der Waals surface area contributed by atoms with E-state index >= 15 is 0 Å². The average molecular weight is 396 g/mol. The maximum atomic E-state index is 13.3. The fourth-order valence-corrected chi connectivity index (χ4v) is 6.31. The first-order valence-electron chi connectivity index (χ1n) is 7.33. The van der Waals surface area contributed by atoms with Gasteiger partial charge in [0, 0.05) is 17.0 Å². The highest BCUT2D eigenvalue weighted by atomic mass is 32.2. The van der Waals surface area contributed by atoms with Crippen LogP contribution in [0, 0.1) is 5.82 Å². The fraction of sp³-hybridized carbons (Fsp3) is 0.118. The lowest BCUT2D eigenvalue weighted by atomic mass is 10.2. The Morgan fingerprint density at radius 3 is 2.48 bits per heavy atom. The largest absolute Gasteiger partial charge is 0.350 e. The third kappa shape index (κ3) is 3.97. The lowest BCUT2D eigenvalue weighted by Gasteiger charge is -2.16. The number of sulfone groups is 1. The van der Waals surface area contributed by atoms with Gasteiger partial charge in [0.15, 0.2) is 9.84 Å². The summed E-state index contributed by atoms with van der Waals surface area (Å²) in [5.41, 5.74) is 0.151. The van der Waals surface area contributed by atoms with Gasteiger partial charge in [0.2, 0.25) is 0 Å². The average Bonchev–Trinajstić information content (AvgIpc) is 3.28. The highest BCUT2D eigenvalue weighted by molar-refractivity contribution is 7.93. The Balaban J connectivity index is 1.83. The van der Waals surface area contributed by atoms with Gasteiger partial charge < -0.3 is 5.32 Å². The zero-order valence-corrected chi connectivity index (χ0v) is 15.3. The van der Waals surface area contributed by atoms with Gasteiger partial charge >= 0.3 is 0 Å². The molecule has 0 aliphatic carbocycles. The smallest absolute Gasteiger partial charge is 0.251 e. The van der Waals surface area contributed by atoms with Gasteiger partial charge in [-0.3, -0.25) is 4.79 Å². The van der Waals surface area contributed by atoms with Crippen LogP contribution in [0.5, 0.6) is 0 Å². The molecule has 0 spiro atoms. The lowest BCUT2D eigenvalue weighted by molar-refractivity contribution is 0.0953. The van der Waals surface area contributed by atoms with Crippen LogP contribution < -0.4 is 5.32 Å². The number of carbonyl (C=O) groups excluding carboxylic acids is 1. The maximum Gasteiger partial charge on any atom is 0.251 e. The quantitative estimate of drug-likeness (QED) is 0.689. The zero-order valence-electron chi connectivity index (χ0n) is 12.9. The molecule has 0 saturated heterocycles. The fourth-order valence-electron chi connectivity index (χ4n) is 2.32. The Morgan fingerprint density at radius 1 is 1.08 bits per heavy atom. The Bertz CT molecular complexity index is 951. The second-order valence-electron chi connectivity index (χ2n) is 5.20. The van der Waals surface area contributed by atoms with Crippen molar-refractivity contribution in [3.05, 3.63) is 75.5 Å². The summed E-state index contributed by atoms with van der Waals surface area (Å²) in [4.78, 5) is 12.9. The third-order valence-corrected chi connectivity index (χ3v) is 8.19. The molecule has 1 atom stereocenters. The predicted molar refractivity (Wildman–Crippen MR) is 97.3 cm³/mol. The molecule has 130 valence electrons. The molecular formula is C17H14FNO3S3. The van der Waals surface area contributed by atoms with E-state index in [-0.39, 0.29) is 16.3 Å². The number of carbonyl (C=O) groups is 1. The molecular weight excluding hydrogens is 381 g/mol. The monoisotopic (exact) mass is 395 g/mol. The number of amides is 1. The molecule has 3 aromatic rings. The van der Waals surface area contributed by atoms with E-state index in [1.807, 2.05) is 0 Å². The standard InChI is InChI=1S/C17H14FNO3S3/c18-13-5-1-4-12(10-13)17(20)19-11-15(14-6-2-8-23-14)25(21,22)16-7-3-9-24-16/h1-10,15H,11H2,(H,19,20). The summed E-state index contributed by atoms with van der Waals surface area (Å²) in [5, 5.41) is 5.21. The van der Waals surface area contributed by atoms with Crippen molar-refractivity contribution >= 4 is 38.4 Å². The highest BCUT2D eigenvalue weighted by Crippen LogP contribution is 2.33. The molecule has 2 heterocycles. The van der Waals surface area contributed by atoms with Crippen LogP contribution in [0.25, 0.3) is 0 Å². The molecule has 0 bridgehead atoms. The molecule has 1 aromatic carbocycles. The third-order valence-electron chi connectivity index (χ3n) is 3.55. The molecule has 0 aliphatic rings. The number of nitrogens with one attached hydrogen (secondary N) is 1. The molecule has 1 N–H and O–H groups in total. The molecule has 1 unspecified atom stereocenters. The van der Waals surface area contributed by atoms with Crippen molar-refractivity contribution in [2.75, 3.05) is 6.54 Å². The lowest BCUT2D eigenvalue weighted by Crippen LogP contribution is -2.31.